The summed E-state index contributed by atoms with van der Waals surface area (Å²) in [5.74, 6) is -0.795. The number of hydrogen-bond donors (Lipinski definition) is 1. The number of aliphatic carboxylic acids is 1. The van der Waals surface area contributed by atoms with Crippen LogP contribution in [0.15, 0.2) is 29.2 Å². The lowest BCUT2D eigenvalue weighted by atomic mass is 9.90. The van der Waals surface area contributed by atoms with E-state index < -0.39 is 22.0 Å². The summed E-state index contributed by atoms with van der Waals surface area (Å²) >= 11 is 2.10. The van der Waals surface area contributed by atoms with Crippen LogP contribution in [0.2, 0.25) is 0 Å². The highest BCUT2D eigenvalue weighted by Gasteiger charge is 2.40. The first kappa shape index (κ1) is 16.7. The number of carboxylic acids is 1. The Morgan fingerprint density at radius 2 is 2.00 bits per heavy atom. The van der Waals surface area contributed by atoms with Crippen LogP contribution in [0.1, 0.15) is 26.2 Å². The fraction of sp³-hybridized carbons (Fsp3) is 0.500. The van der Waals surface area contributed by atoms with Gasteiger partial charge in [-0.1, -0.05) is 13.3 Å². The summed E-state index contributed by atoms with van der Waals surface area (Å²) in [7, 11) is -3.76. The van der Waals surface area contributed by atoms with Crippen molar-refractivity contribution in [2.75, 3.05) is 6.54 Å². The fourth-order valence-corrected chi connectivity index (χ4v) is 4.61. The van der Waals surface area contributed by atoms with Gasteiger partial charge in [-0.15, -0.1) is 0 Å². The van der Waals surface area contributed by atoms with Crippen LogP contribution in [0.5, 0.6) is 0 Å². The van der Waals surface area contributed by atoms with Crippen LogP contribution in [0.3, 0.4) is 0 Å². The average molecular weight is 423 g/mol. The molecule has 1 aliphatic rings. The monoisotopic (exact) mass is 423 g/mol. The van der Waals surface area contributed by atoms with Gasteiger partial charge in [0.05, 0.1) is 4.90 Å². The molecule has 2 atom stereocenters. The third kappa shape index (κ3) is 3.57. The van der Waals surface area contributed by atoms with Crippen LogP contribution < -0.4 is 0 Å². The topological polar surface area (TPSA) is 74.7 Å². The van der Waals surface area contributed by atoms with Crippen molar-refractivity contribution in [3.05, 3.63) is 27.8 Å². The molecule has 0 spiro atoms. The molecule has 0 radical (unpaired) electrons. The number of benzene rings is 1. The second-order valence-corrected chi connectivity index (χ2v) is 8.36. The van der Waals surface area contributed by atoms with Gasteiger partial charge in [0.25, 0.3) is 0 Å². The molecule has 2 rings (SSSR count). The van der Waals surface area contributed by atoms with Crippen molar-refractivity contribution in [3.8, 4) is 0 Å². The lowest BCUT2D eigenvalue weighted by molar-refractivity contribution is -0.143. The van der Waals surface area contributed by atoms with Gasteiger partial charge in [-0.3, -0.25) is 4.79 Å². The first-order valence-electron chi connectivity index (χ1n) is 6.86. The van der Waals surface area contributed by atoms with Gasteiger partial charge in [0.2, 0.25) is 10.0 Å². The van der Waals surface area contributed by atoms with E-state index in [0.29, 0.717) is 12.8 Å². The van der Waals surface area contributed by atoms with Crippen molar-refractivity contribution >= 4 is 38.6 Å². The Morgan fingerprint density at radius 1 is 1.38 bits per heavy atom. The maximum absolute atomic E-state index is 12.7. The van der Waals surface area contributed by atoms with Gasteiger partial charge in [-0.2, -0.15) is 4.31 Å². The van der Waals surface area contributed by atoms with Gasteiger partial charge in [0.15, 0.2) is 0 Å². The third-order valence-electron chi connectivity index (χ3n) is 3.94. The molecule has 1 N–H and O–H groups in total. The minimum Gasteiger partial charge on any atom is -0.480 e. The van der Waals surface area contributed by atoms with E-state index >= 15 is 0 Å². The van der Waals surface area contributed by atoms with Crippen molar-refractivity contribution < 1.29 is 18.3 Å². The molecule has 1 aliphatic heterocycles. The molecule has 116 valence electrons. The molecule has 1 fully saturated rings. The Labute approximate surface area is 138 Å². The van der Waals surface area contributed by atoms with Crippen molar-refractivity contribution in [2.45, 2.75) is 37.1 Å². The van der Waals surface area contributed by atoms with Crippen LogP contribution in [0.25, 0.3) is 0 Å². The summed E-state index contributed by atoms with van der Waals surface area (Å²) in [5.41, 5.74) is 0. The molecule has 5 nitrogen and oxygen atoms in total. The van der Waals surface area contributed by atoms with Gasteiger partial charge in [0, 0.05) is 10.1 Å². The second-order valence-electron chi connectivity index (χ2n) is 5.22. The quantitative estimate of drug-likeness (QED) is 0.756. The van der Waals surface area contributed by atoms with E-state index in [2.05, 4.69) is 22.6 Å². The lowest BCUT2D eigenvalue weighted by Crippen LogP contribution is -2.49. The van der Waals surface area contributed by atoms with E-state index in [4.69, 9.17) is 0 Å². The number of carbonyl (C=O) groups is 1. The van der Waals surface area contributed by atoms with Crippen LogP contribution in [-0.2, 0) is 14.8 Å². The molecular weight excluding hydrogens is 405 g/mol. The normalized spacial score (nSPS) is 23.9. The number of carboxylic acid groups (broad SMARTS) is 1. The highest BCUT2D eigenvalue weighted by molar-refractivity contribution is 14.1. The number of piperidine rings is 1. The SMILES string of the molecule is CCC1CCN(S(=O)(=O)c2ccc(I)cc2)C(C(=O)O)C1. The van der Waals surface area contributed by atoms with Crippen LogP contribution in [0, 0.1) is 9.49 Å². The van der Waals surface area contributed by atoms with Crippen LogP contribution in [-0.4, -0.2) is 36.4 Å². The summed E-state index contributed by atoms with van der Waals surface area (Å²) in [6.07, 6.45) is 1.97. The van der Waals surface area contributed by atoms with E-state index in [1.807, 2.05) is 6.92 Å². The van der Waals surface area contributed by atoms with Gasteiger partial charge >= 0.3 is 5.97 Å². The number of hydrogen-bond acceptors (Lipinski definition) is 3. The van der Waals surface area contributed by atoms with E-state index in [1.165, 1.54) is 12.1 Å². The molecule has 21 heavy (non-hydrogen) atoms. The minimum absolute atomic E-state index is 0.157. The molecular formula is C14H18INO4S. The Hall–Kier alpha value is -0.670. The van der Waals surface area contributed by atoms with Gasteiger partial charge < -0.3 is 5.11 Å². The predicted molar refractivity (Wildman–Crippen MR) is 87.5 cm³/mol. The summed E-state index contributed by atoms with van der Waals surface area (Å²) in [4.78, 5) is 11.6. The number of halogens is 1. The van der Waals surface area contributed by atoms with Gasteiger partial charge in [0.1, 0.15) is 6.04 Å². The van der Waals surface area contributed by atoms with Crippen molar-refractivity contribution in [2.24, 2.45) is 5.92 Å². The maximum Gasteiger partial charge on any atom is 0.322 e. The molecule has 0 aliphatic carbocycles. The molecule has 1 heterocycles. The molecule has 0 aromatic heterocycles. The molecule has 0 amide bonds. The lowest BCUT2D eigenvalue weighted by Gasteiger charge is -2.35. The predicted octanol–water partition coefficient (Wildman–Crippen LogP) is 2.56. The van der Waals surface area contributed by atoms with E-state index in [1.54, 1.807) is 12.1 Å². The average Bonchev–Trinajstić information content (AvgIpc) is 2.47. The molecule has 0 saturated carbocycles. The smallest absolute Gasteiger partial charge is 0.322 e. The van der Waals surface area contributed by atoms with Crippen LogP contribution in [0.4, 0.5) is 0 Å². The summed E-state index contributed by atoms with van der Waals surface area (Å²) < 4.78 is 27.4. The van der Waals surface area contributed by atoms with Gasteiger partial charge in [-0.05, 0) is 65.6 Å². The van der Waals surface area contributed by atoms with Gasteiger partial charge in [-0.25, -0.2) is 8.42 Å². The zero-order valence-electron chi connectivity index (χ0n) is 11.7. The molecule has 1 aromatic carbocycles. The van der Waals surface area contributed by atoms with Crippen molar-refractivity contribution in [1.29, 1.82) is 0 Å². The third-order valence-corrected chi connectivity index (χ3v) is 6.59. The Kier molecular flexibility index (Phi) is 5.26. The fourth-order valence-electron chi connectivity index (χ4n) is 2.64. The summed E-state index contributed by atoms with van der Waals surface area (Å²) in [6.45, 7) is 2.27. The zero-order valence-corrected chi connectivity index (χ0v) is 14.7. The molecule has 7 heteroatoms. The Morgan fingerprint density at radius 3 is 2.52 bits per heavy atom. The van der Waals surface area contributed by atoms with E-state index in [9.17, 15) is 18.3 Å². The molecule has 0 bridgehead atoms. The number of nitrogens with zero attached hydrogens (tertiary/aromatic N) is 1. The van der Waals surface area contributed by atoms with Crippen molar-refractivity contribution in [3.63, 3.8) is 0 Å². The highest BCUT2D eigenvalue weighted by atomic mass is 127. The Bertz CT molecular complexity index is 614. The minimum atomic E-state index is -3.76. The highest BCUT2D eigenvalue weighted by Crippen LogP contribution is 2.30. The van der Waals surface area contributed by atoms with Crippen molar-refractivity contribution in [1.82, 2.24) is 4.31 Å². The molecule has 1 aromatic rings. The summed E-state index contributed by atoms with van der Waals surface area (Å²) in [6, 6.07) is 5.52. The standard InChI is InChI=1S/C14H18INO4S/c1-2-10-7-8-16(13(9-10)14(17)18)21(19,20)12-5-3-11(15)4-6-12/h3-6,10,13H,2,7-9H2,1H3,(H,17,18). The number of rotatable bonds is 4. The van der Waals surface area contributed by atoms with Crippen LogP contribution >= 0.6 is 22.6 Å². The molecule has 2 unspecified atom stereocenters. The van der Waals surface area contributed by atoms with E-state index in [0.717, 1.165) is 14.3 Å². The molecule has 1 saturated heterocycles. The summed E-state index contributed by atoms with van der Waals surface area (Å²) in [5, 5.41) is 9.37. The zero-order chi connectivity index (χ0) is 15.6. The largest absolute Gasteiger partial charge is 0.480 e. The first-order valence-corrected chi connectivity index (χ1v) is 9.38. The second kappa shape index (κ2) is 6.62. The van der Waals surface area contributed by atoms with E-state index in [-0.39, 0.29) is 17.4 Å². The Balaban J connectivity index is 2.33. The maximum atomic E-state index is 12.7. The number of sulfonamides is 1. The first-order chi connectivity index (χ1) is 9.86.